The van der Waals surface area contributed by atoms with Gasteiger partial charge in [0.05, 0.1) is 11.6 Å². The molecule has 0 aromatic heterocycles. The van der Waals surface area contributed by atoms with Crippen LogP contribution in [0.25, 0.3) is 0 Å². The molecule has 1 aliphatic heterocycles. The van der Waals surface area contributed by atoms with Crippen LogP contribution in [0, 0.1) is 11.7 Å². The van der Waals surface area contributed by atoms with Crippen LogP contribution < -0.4 is 0 Å². The molecular weight excluding hydrogens is 273 g/mol. The van der Waals surface area contributed by atoms with Crippen molar-refractivity contribution in [3.63, 3.8) is 0 Å². The number of nitrogens with zero attached hydrogens (tertiary/aromatic N) is 1. The third-order valence-electron chi connectivity index (χ3n) is 2.60. The first-order chi connectivity index (χ1) is 7.58. The zero-order chi connectivity index (χ0) is 11.7. The summed E-state index contributed by atoms with van der Waals surface area (Å²) in [5.41, 5.74) is 0.428. The van der Waals surface area contributed by atoms with E-state index in [1.165, 1.54) is 6.07 Å². The molecule has 0 radical (unpaired) electrons. The van der Waals surface area contributed by atoms with Gasteiger partial charge >= 0.3 is 0 Å². The molecule has 1 aromatic rings. The molecule has 0 saturated carbocycles. The second-order valence-corrected chi connectivity index (χ2v) is 5.10. The van der Waals surface area contributed by atoms with E-state index in [1.807, 2.05) is 0 Å². The lowest BCUT2D eigenvalue weighted by Crippen LogP contribution is -2.13. The first-order valence-electron chi connectivity index (χ1n) is 5.24. The summed E-state index contributed by atoms with van der Waals surface area (Å²) in [7, 11) is 0. The highest BCUT2D eigenvalue weighted by molar-refractivity contribution is 9.10. The summed E-state index contributed by atoms with van der Waals surface area (Å²) >= 11 is 3.31. The van der Waals surface area contributed by atoms with E-state index in [1.54, 1.807) is 12.1 Å². The molecule has 1 heterocycles. The Hall–Kier alpha value is -0.900. The number of benzene rings is 1. The first-order valence-corrected chi connectivity index (χ1v) is 6.03. The number of ether oxygens (including phenoxy) is 1. The second kappa shape index (κ2) is 4.53. The summed E-state index contributed by atoms with van der Waals surface area (Å²) in [5.74, 6) is 0.525. The zero-order valence-corrected chi connectivity index (χ0v) is 10.8. The van der Waals surface area contributed by atoms with E-state index in [4.69, 9.17) is 4.74 Å². The van der Waals surface area contributed by atoms with E-state index < -0.39 is 0 Å². The van der Waals surface area contributed by atoms with Crippen molar-refractivity contribution in [3.8, 4) is 0 Å². The number of aliphatic imine (C=N–C) groups is 1. The van der Waals surface area contributed by atoms with Crippen molar-refractivity contribution in [1.82, 2.24) is 0 Å². The van der Waals surface area contributed by atoms with Crippen LogP contribution in [0.2, 0.25) is 0 Å². The Balaban J connectivity index is 2.32. The van der Waals surface area contributed by atoms with E-state index in [0.717, 1.165) is 4.47 Å². The van der Waals surface area contributed by atoms with Crippen molar-refractivity contribution < 1.29 is 9.13 Å². The average Bonchev–Trinajstić information content (AvgIpc) is 2.70. The summed E-state index contributed by atoms with van der Waals surface area (Å²) in [6.07, 6.45) is 0. The number of hydrogen-bond acceptors (Lipinski definition) is 2. The number of rotatable bonds is 2. The van der Waals surface area contributed by atoms with E-state index in [2.05, 4.69) is 34.8 Å². The Morgan fingerprint density at radius 1 is 1.50 bits per heavy atom. The molecule has 0 saturated heterocycles. The van der Waals surface area contributed by atoms with Crippen molar-refractivity contribution >= 4 is 21.8 Å². The number of hydrogen-bond donors (Lipinski definition) is 0. The third-order valence-corrected chi connectivity index (χ3v) is 3.10. The van der Waals surface area contributed by atoms with Gasteiger partial charge < -0.3 is 4.74 Å². The Kier molecular flexibility index (Phi) is 3.28. The maximum absolute atomic E-state index is 13.6. The van der Waals surface area contributed by atoms with Crippen molar-refractivity contribution in [2.45, 2.75) is 19.9 Å². The predicted octanol–water partition coefficient (Wildman–Crippen LogP) is 3.39. The van der Waals surface area contributed by atoms with E-state index in [0.29, 0.717) is 24.0 Å². The molecule has 1 unspecified atom stereocenters. The van der Waals surface area contributed by atoms with Gasteiger partial charge in [-0.25, -0.2) is 9.38 Å². The second-order valence-electron chi connectivity index (χ2n) is 4.18. The first kappa shape index (κ1) is 11.6. The summed E-state index contributed by atoms with van der Waals surface area (Å²) in [6, 6.07) is 4.90. The third kappa shape index (κ3) is 2.26. The van der Waals surface area contributed by atoms with Crippen LogP contribution >= 0.6 is 15.9 Å². The lowest BCUT2D eigenvalue weighted by atomic mass is 10.1. The normalized spacial score (nSPS) is 19.8. The van der Waals surface area contributed by atoms with E-state index in [9.17, 15) is 4.39 Å². The summed E-state index contributed by atoms with van der Waals surface area (Å²) in [6.45, 7) is 4.70. The van der Waals surface area contributed by atoms with Gasteiger partial charge in [0.15, 0.2) is 0 Å². The van der Waals surface area contributed by atoms with Crippen molar-refractivity contribution in [2.24, 2.45) is 10.9 Å². The molecule has 0 amide bonds. The minimum absolute atomic E-state index is 0.133. The van der Waals surface area contributed by atoms with Crippen LogP contribution in [0.5, 0.6) is 0 Å². The Morgan fingerprint density at radius 3 is 2.88 bits per heavy atom. The van der Waals surface area contributed by atoms with Gasteiger partial charge in [-0.1, -0.05) is 29.8 Å². The van der Waals surface area contributed by atoms with Crippen LogP contribution in [0.1, 0.15) is 19.4 Å². The molecule has 0 bridgehead atoms. The molecule has 1 aromatic carbocycles. The van der Waals surface area contributed by atoms with Gasteiger partial charge in [0.2, 0.25) is 5.90 Å². The van der Waals surface area contributed by atoms with Crippen LogP contribution in [0.4, 0.5) is 4.39 Å². The molecule has 86 valence electrons. The van der Waals surface area contributed by atoms with Crippen molar-refractivity contribution in [3.05, 3.63) is 34.1 Å². The molecule has 1 atom stereocenters. The van der Waals surface area contributed by atoms with Crippen LogP contribution in [-0.2, 0) is 4.74 Å². The molecule has 1 aliphatic rings. The highest BCUT2D eigenvalue weighted by atomic mass is 79.9. The fourth-order valence-electron chi connectivity index (χ4n) is 1.54. The molecule has 0 fully saturated rings. The van der Waals surface area contributed by atoms with Gasteiger partial charge in [-0.15, -0.1) is 0 Å². The Labute approximate surface area is 103 Å². The smallest absolute Gasteiger partial charge is 0.219 e. The molecule has 16 heavy (non-hydrogen) atoms. The van der Waals surface area contributed by atoms with Gasteiger partial charge in [0.1, 0.15) is 12.4 Å². The molecule has 0 aliphatic carbocycles. The van der Waals surface area contributed by atoms with Crippen LogP contribution in [0.15, 0.2) is 27.7 Å². The minimum atomic E-state index is -0.300. The van der Waals surface area contributed by atoms with Gasteiger partial charge in [0, 0.05) is 4.47 Å². The lowest BCUT2D eigenvalue weighted by molar-refractivity contribution is 0.291. The van der Waals surface area contributed by atoms with Gasteiger partial charge in [0.25, 0.3) is 0 Å². The molecule has 0 spiro atoms. The van der Waals surface area contributed by atoms with Crippen LogP contribution in [0.3, 0.4) is 0 Å². The predicted molar refractivity (Wildman–Crippen MR) is 65.2 cm³/mol. The Morgan fingerprint density at radius 2 is 2.25 bits per heavy atom. The fraction of sp³-hybridized carbons (Fsp3) is 0.417. The highest BCUT2D eigenvalue weighted by Gasteiger charge is 2.24. The lowest BCUT2D eigenvalue weighted by Gasteiger charge is -2.06. The Bertz CT molecular complexity index is 431. The summed E-state index contributed by atoms with van der Waals surface area (Å²) < 4.78 is 19.8. The van der Waals surface area contributed by atoms with E-state index >= 15 is 0 Å². The maximum atomic E-state index is 13.6. The standard InChI is InChI=1S/C12H13BrFNO/c1-7(2)11-6-16-12(15-11)9-5-8(13)3-4-10(9)14/h3-5,7,11H,6H2,1-2H3. The molecule has 4 heteroatoms. The quantitative estimate of drug-likeness (QED) is 0.816. The molecule has 2 nitrogen and oxygen atoms in total. The maximum Gasteiger partial charge on any atom is 0.219 e. The largest absolute Gasteiger partial charge is 0.475 e. The average molecular weight is 286 g/mol. The van der Waals surface area contributed by atoms with Gasteiger partial charge in [-0.2, -0.15) is 0 Å². The topological polar surface area (TPSA) is 21.6 Å². The SMILES string of the molecule is CC(C)C1COC(c2cc(Br)ccc2F)=N1. The summed E-state index contributed by atoms with van der Waals surface area (Å²) in [4.78, 5) is 4.39. The highest BCUT2D eigenvalue weighted by Crippen LogP contribution is 2.22. The van der Waals surface area contributed by atoms with Crippen molar-refractivity contribution in [2.75, 3.05) is 6.61 Å². The molecule has 2 rings (SSSR count). The van der Waals surface area contributed by atoms with Gasteiger partial charge in [-0.05, 0) is 24.1 Å². The van der Waals surface area contributed by atoms with Crippen molar-refractivity contribution in [1.29, 1.82) is 0 Å². The monoisotopic (exact) mass is 285 g/mol. The minimum Gasteiger partial charge on any atom is -0.475 e. The fourth-order valence-corrected chi connectivity index (χ4v) is 1.90. The zero-order valence-electron chi connectivity index (χ0n) is 9.21. The van der Waals surface area contributed by atoms with E-state index in [-0.39, 0.29) is 11.9 Å². The van der Waals surface area contributed by atoms with Gasteiger partial charge in [-0.3, -0.25) is 0 Å². The molecular formula is C12H13BrFNO. The summed E-state index contributed by atoms with van der Waals surface area (Å²) in [5, 5.41) is 0. The molecule has 0 N–H and O–H groups in total. The van der Waals surface area contributed by atoms with Crippen LogP contribution in [-0.4, -0.2) is 18.5 Å². The number of halogens is 2.